The van der Waals surface area contributed by atoms with Gasteiger partial charge >= 0.3 is 5.97 Å². The Morgan fingerprint density at radius 2 is 2.00 bits per heavy atom. The molecule has 1 aliphatic heterocycles. The Labute approximate surface area is 159 Å². The van der Waals surface area contributed by atoms with Gasteiger partial charge in [-0.25, -0.2) is 13.2 Å². The Morgan fingerprint density at radius 1 is 1.30 bits per heavy atom. The van der Waals surface area contributed by atoms with E-state index >= 15 is 0 Å². The molecule has 150 valence electrons. The summed E-state index contributed by atoms with van der Waals surface area (Å²) in [7, 11) is -3.71. The zero-order valence-electron chi connectivity index (χ0n) is 15.6. The summed E-state index contributed by atoms with van der Waals surface area (Å²) in [6.45, 7) is 4.70. The summed E-state index contributed by atoms with van der Waals surface area (Å²) < 4.78 is 36.8. The Morgan fingerprint density at radius 3 is 2.67 bits per heavy atom. The van der Waals surface area contributed by atoms with E-state index in [0.717, 1.165) is 12.8 Å². The predicted octanol–water partition coefficient (Wildman–Crippen LogP) is 1.17. The lowest BCUT2D eigenvalue weighted by Gasteiger charge is -2.26. The Hall–Kier alpha value is -1.97. The number of rotatable bonds is 8. The van der Waals surface area contributed by atoms with Crippen LogP contribution >= 0.6 is 0 Å². The SMILES string of the molecule is CCC[C@H](C)NC(=O)COC(=O)c1cccc(S(=O)(=O)N2CCOCC2)c1. The van der Waals surface area contributed by atoms with Crippen LogP contribution in [0.1, 0.15) is 37.0 Å². The fraction of sp³-hybridized carbons (Fsp3) is 0.556. The fourth-order valence-electron chi connectivity index (χ4n) is 2.76. The van der Waals surface area contributed by atoms with Gasteiger partial charge in [0.2, 0.25) is 10.0 Å². The standard InChI is InChI=1S/C18H26N2O6S/c1-3-5-14(2)19-17(21)13-26-18(22)15-6-4-7-16(12-15)27(23,24)20-8-10-25-11-9-20/h4,6-7,12,14H,3,5,8-11,13H2,1-2H3,(H,19,21)/t14-/m0/s1. The summed E-state index contributed by atoms with van der Waals surface area (Å²) in [4.78, 5) is 24.0. The number of morpholine rings is 1. The molecule has 0 radical (unpaired) electrons. The van der Waals surface area contributed by atoms with Gasteiger partial charge in [0.1, 0.15) is 0 Å². The lowest BCUT2D eigenvalue weighted by Crippen LogP contribution is -2.40. The molecule has 1 aliphatic rings. The lowest BCUT2D eigenvalue weighted by molar-refractivity contribution is -0.124. The first-order chi connectivity index (χ1) is 12.8. The number of benzene rings is 1. The largest absolute Gasteiger partial charge is 0.452 e. The number of amides is 1. The number of ether oxygens (including phenoxy) is 2. The van der Waals surface area contributed by atoms with Crippen molar-refractivity contribution in [3.63, 3.8) is 0 Å². The lowest BCUT2D eigenvalue weighted by atomic mass is 10.2. The minimum atomic E-state index is -3.71. The van der Waals surface area contributed by atoms with Crippen LogP contribution in [-0.4, -0.2) is 63.6 Å². The summed E-state index contributed by atoms with van der Waals surface area (Å²) in [6.07, 6.45) is 1.77. The quantitative estimate of drug-likeness (QED) is 0.660. The second kappa shape index (κ2) is 9.82. The van der Waals surface area contributed by atoms with Gasteiger partial charge in [-0.15, -0.1) is 0 Å². The molecule has 0 aliphatic carbocycles. The highest BCUT2D eigenvalue weighted by atomic mass is 32.2. The molecule has 0 bridgehead atoms. The first kappa shape index (κ1) is 21.3. The van der Waals surface area contributed by atoms with E-state index in [1.54, 1.807) is 0 Å². The number of carbonyl (C=O) groups is 2. The maximum absolute atomic E-state index is 12.7. The van der Waals surface area contributed by atoms with Crippen molar-refractivity contribution in [2.75, 3.05) is 32.9 Å². The molecule has 2 rings (SSSR count). The van der Waals surface area contributed by atoms with Crippen molar-refractivity contribution in [2.24, 2.45) is 0 Å². The summed E-state index contributed by atoms with van der Waals surface area (Å²) >= 11 is 0. The van der Waals surface area contributed by atoms with Gasteiger partial charge in [0, 0.05) is 19.1 Å². The van der Waals surface area contributed by atoms with Gasteiger partial charge in [-0.2, -0.15) is 4.31 Å². The van der Waals surface area contributed by atoms with Crippen molar-refractivity contribution in [1.29, 1.82) is 0 Å². The van der Waals surface area contributed by atoms with Gasteiger partial charge < -0.3 is 14.8 Å². The van der Waals surface area contributed by atoms with Crippen LogP contribution in [0.2, 0.25) is 0 Å². The molecule has 1 aromatic carbocycles. The minimum Gasteiger partial charge on any atom is -0.452 e. The number of carbonyl (C=O) groups excluding carboxylic acids is 2. The molecule has 9 heteroatoms. The summed E-state index contributed by atoms with van der Waals surface area (Å²) in [5, 5.41) is 2.74. The van der Waals surface area contributed by atoms with Crippen LogP contribution in [0, 0.1) is 0 Å². The van der Waals surface area contributed by atoms with E-state index in [-0.39, 0.29) is 35.5 Å². The molecule has 0 spiro atoms. The Balaban J connectivity index is 1.99. The third-order valence-corrected chi connectivity index (χ3v) is 6.04. The molecule has 0 unspecified atom stereocenters. The first-order valence-electron chi connectivity index (χ1n) is 8.99. The highest BCUT2D eigenvalue weighted by Crippen LogP contribution is 2.18. The molecule has 1 aromatic rings. The van der Waals surface area contributed by atoms with E-state index < -0.39 is 22.6 Å². The first-order valence-corrected chi connectivity index (χ1v) is 10.4. The van der Waals surface area contributed by atoms with Crippen molar-refractivity contribution in [3.8, 4) is 0 Å². The van der Waals surface area contributed by atoms with Crippen molar-refractivity contribution in [2.45, 2.75) is 37.6 Å². The maximum Gasteiger partial charge on any atom is 0.338 e. The normalized spacial score (nSPS) is 16.5. The van der Waals surface area contributed by atoms with Crippen molar-refractivity contribution in [3.05, 3.63) is 29.8 Å². The molecular formula is C18H26N2O6S. The van der Waals surface area contributed by atoms with Gasteiger partial charge in [0.15, 0.2) is 6.61 Å². The van der Waals surface area contributed by atoms with Crippen molar-refractivity contribution in [1.82, 2.24) is 9.62 Å². The molecule has 1 saturated heterocycles. The molecule has 1 amide bonds. The van der Waals surface area contributed by atoms with Crippen LogP contribution in [0.15, 0.2) is 29.2 Å². The molecule has 1 N–H and O–H groups in total. The van der Waals surface area contributed by atoms with E-state index in [9.17, 15) is 18.0 Å². The highest BCUT2D eigenvalue weighted by Gasteiger charge is 2.27. The number of hydrogen-bond acceptors (Lipinski definition) is 6. The van der Waals surface area contributed by atoms with Crippen LogP contribution in [0.25, 0.3) is 0 Å². The van der Waals surface area contributed by atoms with Crippen molar-refractivity contribution >= 4 is 21.9 Å². The Bertz CT molecular complexity index is 759. The maximum atomic E-state index is 12.7. The molecule has 0 aromatic heterocycles. The van der Waals surface area contributed by atoms with Gasteiger partial charge in [0.05, 0.1) is 23.7 Å². The average Bonchev–Trinajstić information content (AvgIpc) is 2.67. The summed E-state index contributed by atoms with van der Waals surface area (Å²) in [5.74, 6) is -1.13. The summed E-state index contributed by atoms with van der Waals surface area (Å²) in [6, 6.07) is 5.64. The van der Waals surface area contributed by atoms with E-state index in [0.29, 0.717) is 13.2 Å². The smallest absolute Gasteiger partial charge is 0.338 e. The van der Waals surface area contributed by atoms with E-state index in [2.05, 4.69) is 5.32 Å². The number of hydrogen-bond donors (Lipinski definition) is 1. The minimum absolute atomic E-state index is 0.00296. The highest BCUT2D eigenvalue weighted by molar-refractivity contribution is 7.89. The predicted molar refractivity (Wildman–Crippen MR) is 98.8 cm³/mol. The number of esters is 1. The van der Waals surface area contributed by atoms with E-state index in [1.165, 1.54) is 28.6 Å². The van der Waals surface area contributed by atoms with Crippen LogP contribution in [0.5, 0.6) is 0 Å². The zero-order valence-corrected chi connectivity index (χ0v) is 16.5. The molecule has 1 atom stereocenters. The molecule has 1 fully saturated rings. The van der Waals surface area contributed by atoms with Gasteiger partial charge in [-0.3, -0.25) is 4.79 Å². The number of sulfonamides is 1. The fourth-order valence-corrected chi connectivity index (χ4v) is 4.21. The molecule has 1 heterocycles. The summed E-state index contributed by atoms with van der Waals surface area (Å²) in [5.41, 5.74) is 0.0822. The molecule has 8 nitrogen and oxygen atoms in total. The third-order valence-electron chi connectivity index (χ3n) is 4.14. The topological polar surface area (TPSA) is 102 Å². The van der Waals surface area contributed by atoms with E-state index in [4.69, 9.17) is 9.47 Å². The van der Waals surface area contributed by atoms with Crippen LogP contribution in [0.3, 0.4) is 0 Å². The number of nitrogens with one attached hydrogen (secondary N) is 1. The molecule has 27 heavy (non-hydrogen) atoms. The second-order valence-corrected chi connectivity index (χ2v) is 8.32. The molecular weight excluding hydrogens is 372 g/mol. The Kier molecular flexibility index (Phi) is 7.76. The van der Waals surface area contributed by atoms with Gasteiger partial charge in [-0.1, -0.05) is 19.4 Å². The van der Waals surface area contributed by atoms with E-state index in [1.807, 2.05) is 13.8 Å². The van der Waals surface area contributed by atoms with Gasteiger partial charge in [-0.05, 0) is 31.5 Å². The second-order valence-electron chi connectivity index (χ2n) is 6.38. The number of nitrogens with zero attached hydrogens (tertiary/aromatic N) is 1. The monoisotopic (exact) mass is 398 g/mol. The van der Waals surface area contributed by atoms with Crippen LogP contribution in [-0.2, 0) is 24.3 Å². The van der Waals surface area contributed by atoms with Gasteiger partial charge in [0.25, 0.3) is 5.91 Å². The van der Waals surface area contributed by atoms with Crippen LogP contribution < -0.4 is 5.32 Å². The third kappa shape index (κ3) is 6.02. The van der Waals surface area contributed by atoms with Crippen molar-refractivity contribution < 1.29 is 27.5 Å². The zero-order chi connectivity index (χ0) is 19.9. The molecule has 0 saturated carbocycles. The average molecular weight is 398 g/mol. The van der Waals surface area contributed by atoms with Crippen LogP contribution in [0.4, 0.5) is 0 Å².